The first-order valence-electron chi connectivity index (χ1n) is 4.33. The van der Waals surface area contributed by atoms with Gasteiger partial charge in [-0.25, -0.2) is 4.79 Å². The smallest absolute Gasteiger partial charge is 0.331 e. The van der Waals surface area contributed by atoms with E-state index in [0.29, 0.717) is 17.0 Å². The predicted molar refractivity (Wildman–Crippen MR) is 57.4 cm³/mol. The topological polar surface area (TPSA) is 37.3 Å². The zero-order valence-electron chi connectivity index (χ0n) is 7.83. The van der Waals surface area contributed by atoms with E-state index in [1.54, 1.807) is 25.1 Å². The number of hydrogen-bond donors (Lipinski definition) is 1. The van der Waals surface area contributed by atoms with Crippen LogP contribution in [0.2, 0.25) is 5.02 Å². The van der Waals surface area contributed by atoms with Crippen molar-refractivity contribution in [2.45, 2.75) is 13.3 Å². The number of carbonyl (C=O) groups is 1. The summed E-state index contributed by atoms with van der Waals surface area (Å²) in [4.78, 5) is 10.7. The van der Waals surface area contributed by atoms with Crippen molar-refractivity contribution in [3.8, 4) is 0 Å². The van der Waals surface area contributed by atoms with Gasteiger partial charge in [0.1, 0.15) is 0 Å². The zero-order valence-corrected chi connectivity index (χ0v) is 8.58. The van der Waals surface area contributed by atoms with Crippen molar-refractivity contribution >= 4 is 23.6 Å². The lowest BCUT2D eigenvalue weighted by Crippen LogP contribution is -1.98. The van der Waals surface area contributed by atoms with Crippen LogP contribution in [0.15, 0.2) is 29.8 Å². The molecule has 0 aliphatic carbocycles. The van der Waals surface area contributed by atoms with Crippen LogP contribution in [-0.2, 0) is 4.79 Å². The Hall–Kier alpha value is -1.28. The van der Waals surface area contributed by atoms with Crippen LogP contribution in [0.4, 0.5) is 0 Å². The zero-order chi connectivity index (χ0) is 10.6. The summed E-state index contributed by atoms with van der Waals surface area (Å²) in [6.07, 6.45) is 2.09. The van der Waals surface area contributed by atoms with Gasteiger partial charge < -0.3 is 5.11 Å². The van der Waals surface area contributed by atoms with Crippen LogP contribution in [0.1, 0.15) is 18.9 Å². The first kappa shape index (κ1) is 10.8. The fraction of sp³-hybridized carbons (Fsp3) is 0.182. The molecule has 0 spiro atoms. The summed E-state index contributed by atoms with van der Waals surface area (Å²) >= 11 is 5.89. The average Bonchev–Trinajstić information content (AvgIpc) is 2.16. The number of rotatable bonds is 3. The second-order valence-corrected chi connectivity index (χ2v) is 3.26. The second-order valence-electron chi connectivity index (χ2n) is 2.85. The summed E-state index contributed by atoms with van der Waals surface area (Å²) in [7, 11) is 0. The van der Waals surface area contributed by atoms with Crippen molar-refractivity contribution in [3.63, 3.8) is 0 Å². The van der Waals surface area contributed by atoms with Gasteiger partial charge in [0.25, 0.3) is 0 Å². The van der Waals surface area contributed by atoms with Gasteiger partial charge >= 0.3 is 5.97 Å². The highest BCUT2D eigenvalue weighted by Crippen LogP contribution is 2.19. The molecule has 1 rings (SSSR count). The Bertz CT molecular complexity index is 369. The molecule has 1 N–H and O–H groups in total. The first-order chi connectivity index (χ1) is 6.65. The molecule has 0 aromatic heterocycles. The van der Waals surface area contributed by atoms with Crippen LogP contribution < -0.4 is 0 Å². The predicted octanol–water partition coefficient (Wildman–Crippen LogP) is 3.22. The lowest BCUT2D eigenvalue weighted by atomic mass is 10.1. The van der Waals surface area contributed by atoms with Gasteiger partial charge in [-0.2, -0.15) is 0 Å². The molecular weight excluding hydrogens is 200 g/mol. The van der Waals surface area contributed by atoms with Crippen LogP contribution in [0.5, 0.6) is 0 Å². The Morgan fingerprint density at radius 1 is 1.50 bits per heavy atom. The van der Waals surface area contributed by atoms with Gasteiger partial charge in [0, 0.05) is 10.6 Å². The normalized spacial score (nSPS) is 11.4. The van der Waals surface area contributed by atoms with Crippen molar-refractivity contribution in [3.05, 3.63) is 40.4 Å². The third-order valence-electron chi connectivity index (χ3n) is 1.89. The minimum absolute atomic E-state index is 0.359. The van der Waals surface area contributed by atoms with Crippen LogP contribution in [0.3, 0.4) is 0 Å². The van der Waals surface area contributed by atoms with Gasteiger partial charge in [-0.15, -0.1) is 0 Å². The maximum Gasteiger partial charge on any atom is 0.331 e. The Morgan fingerprint density at radius 3 is 2.64 bits per heavy atom. The Morgan fingerprint density at radius 2 is 2.14 bits per heavy atom. The van der Waals surface area contributed by atoms with Gasteiger partial charge in [0.05, 0.1) is 0 Å². The van der Waals surface area contributed by atoms with Crippen molar-refractivity contribution in [2.75, 3.05) is 0 Å². The molecule has 0 atom stereocenters. The van der Waals surface area contributed by atoms with E-state index in [2.05, 4.69) is 0 Å². The Balaban J connectivity index is 3.07. The van der Waals surface area contributed by atoms with E-state index in [0.717, 1.165) is 5.56 Å². The quantitative estimate of drug-likeness (QED) is 0.778. The number of aliphatic carboxylic acids is 1. The molecule has 0 aliphatic heterocycles. The molecule has 1 aromatic rings. The minimum Gasteiger partial charge on any atom is -0.478 e. The molecule has 2 nitrogen and oxygen atoms in total. The summed E-state index contributed by atoms with van der Waals surface area (Å²) < 4.78 is 0. The average molecular weight is 211 g/mol. The molecule has 14 heavy (non-hydrogen) atoms. The molecule has 0 unspecified atom stereocenters. The van der Waals surface area contributed by atoms with Gasteiger partial charge in [0.2, 0.25) is 0 Å². The molecule has 0 saturated heterocycles. The van der Waals surface area contributed by atoms with Crippen molar-refractivity contribution in [2.24, 2.45) is 0 Å². The molecule has 0 amide bonds. The summed E-state index contributed by atoms with van der Waals surface area (Å²) in [5.41, 5.74) is 1.10. The molecule has 3 heteroatoms. The van der Waals surface area contributed by atoms with Crippen molar-refractivity contribution in [1.82, 2.24) is 0 Å². The lowest BCUT2D eigenvalue weighted by molar-refractivity contribution is -0.132. The fourth-order valence-corrected chi connectivity index (χ4v) is 1.29. The Kier molecular flexibility index (Phi) is 3.72. The summed E-state index contributed by atoms with van der Waals surface area (Å²) in [6, 6.07) is 7.17. The minimum atomic E-state index is -0.896. The van der Waals surface area contributed by atoms with Crippen LogP contribution in [0, 0.1) is 0 Å². The summed E-state index contributed by atoms with van der Waals surface area (Å²) in [5, 5.41) is 9.38. The SMILES string of the molecule is CCC(=Cc1ccccc1Cl)C(=O)O. The van der Waals surface area contributed by atoms with E-state index in [-0.39, 0.29) is 0 Å². The third-order valence-corrected chi connectivity index (χ3v) is 2.23. The standard InChI is InChI=1S/C11H11ClO2/c1-2-8(11(13)14)7-9-5-3-4-6-10(9)12/h3-7H,2H2,1H3,(H,13,14). The molecule has 74 valence electrons. The maximum absolute atomic E-state index is 10.7. The first-order valence-corrected chi connectivity index (χ1v) is 4.71. The molecule has 0 radical (unpaired) electrons. The number of carboxylic acids is 1. The number of benzene rings is 1. The highest BCUT2D eigenvalue weighted by Gasteiger charge is 2.05. The van der Waals surface area contributed by atoms with Crippen LogP contribution >= 0.6 is 11.6 Å². The highest BCUT2D eigenvalue weighted by molar-refractivity contribution is 6.32. The van der Waals surface area contributed by atoms with Gasteiger partial charge in [-0.3, -0.25) is 0 Å². The van der Waals surface area contributed by atoms with E-state index in [9.17, 15) is 4.79 Å². The number of hydrogen-bond acceptors (Lipinski definition) is 1. The second kappa shape index (κ2) is 4.82. The van der Waals surface area contributed by atoms with Crippen LogP contribution in [0.25, 0.3) is 6.08 Å². The van der Waals surface area contributed by atoms with E-state index >= 15 is 0 Å². The van der Waals surface area contributed by atoms with E-state index in [4.69, 9.17) is 16.7 Å². The van der Waals surface area contributed by atoms with E-state index in [1.807, 2.05) is 12.1 Å². The molecule has 1 aromatic carbocycles. The summed E-state index contributed by atoms with van der Waals surface area (Å²) in [5.74, 6) is -0.896. The molecule has 0 heterocycles. The summed E-state index contributed by atoms with van der Waals surface area (Å²) in [6.45, 7) is 1.80. The molecule has 0 bridgehead atoms. The third kappa shape index (κ3) is 2.60. The maximum atomic E-state index is 10.7. The van der Waals surface area contributed by atoms with Crippen LogP contribution in [-0.4, -0.2) is 11.1 Å². The number of halogens is 1. The van der Waals surface area contributed by atoms with E-state index < -0.39 is 5.97 Å². The highest BCUT2D eigenvalue weighted by atomic mass is 35.5. The van der Waals surface area contributed by atoms with E-state index in [1.165, 1.54) is 0 Å². The monoisotopic (exact) mass is 210 g/mol. The van der Waals surface area contributed by atoms with Gasteiger partial charge in [0.15, 0.2) is 0 Å². The Labute approximate surface area is 87.8 Å². The lowest BCUT2D eigenvalue weighted by Gasteiger charge is -2.00. The molecule has 0 saturated carbocycles. The van der Waals surface area contributed by atoms with Crippen molar-refractivity contribution in [1.29, 1.82) is 0 Å². The molecule has 0 fully saturated rings. The largest absolute Gasteiger partial charge is 0.478 e. The fourth-order valence-electron chi connectivity index (χ4n) is 1.09. The van der Waals surface area contributed by atoms with Crippen molar-refractivity contribution < 1.29 is 9.90 Å². The molecule has 0 aliphatic rings. The molecular formula is C11H11ClO2. The van der Waals surface area contributed by atoms with Gasteiger partial charge in [-0.1, -0.05) is 36.7 Å². The van der Waals surface area contributed by atoms with Gasteiger partial charge in [-0.05, 0) is 24.1 Å². The number of carboxylic acid groups (broad SMARTS) is 1.